The minimum absolute atomic E-state index is 0.158. The molecule has 0 spiro atoms. The van der Waals surface area contributed by atoms with Crippen molar-refractivity contribution in [2.75, 3.05) is 5.88 Å². The van der Waals surface area contributed by atoms with Crippen molar-refractivity contribution in [2.45, 2.75) is 6.42 Å². The zero-order valence-electron chi connectivity index (χ0n) is 3.69. The number of carbonyl (C=O) groups excluding carboxylic acids is 2. The number of ketones is 1. The summed E-state index contributed by atoms with van der Waals surface area (Å²) >= 11 is 5.10. The normalized spacial score (nSPS) is 8.14. The van der Waals surface area contributed by atoms with Crippen LogP contribution in [0, 0.1) is 0 Å². The van der Waals surface area contributed by atoms with Crippen molar-refractivity contribution in [1.82, 2.24) is 0 Å². The molecular formula is C4H5ClO2. The number of carbonyl (C=O) groups is 2. The number of Topliss-reactive ketones (excluding diaryl/α,β-unsaturated/α-hetero) is 1. The SMILES string of the molecule is O=CC(=O)CCCl. The molecule has 0 saturated heterocycles. The summed E-state index contributed by atoms with van der Waals surface area (Å²) in [6, 6.07) is 0. The van der Waals surface area contributed by atoms with Crippen molar-refractivity contribution >= 4 is 23.7 Å². The van der Waals surface area contributed by atoms with Gasteiger partial charge in [0.2, 0.25) is 0 Å². The van der Waals surface area contributed by atoms with E-state index in [-0.39, 0.29) is 18.6 Å². The van der Waals surface area contributed by atoms with Crippen molar-refractivity contribution in [1.29, 1.82) is 0 Å². The van der Waals surface area contributed by atoms with E-state index >= 15 is 0 Å². The van der Waals surface area contributed by atoms with Gasteiger partial charge in [0.15, 0.2) is 12.1 Å². The quantitative estimate of drug-likeness (QED) is 0.307. The van der Waals surface area contributed by atoms with Crippen LogP contribution in [0.1, 0.15) is 6.42 Å². The highest BCUT2D eigenvalue weighted by molar-refractivity contribution is 6.28. The van der Waals surface area contributed by atoms with Crippen molar-refractivity contribution < 1.29 is 9.59 Å². The van der Waals surface area contributed by atoms with E-state index in [4.69, 9.17) is 11.6 Å². The lowest BCUT2D eigenvalue weighted by molar-refractivity contribution is -0.129. The van der Waals surface area contributed by atoms with E-state index < -0.39 is 5.78 Å². The largest absolute Gasteiger partial charge is 0.295 e. The van der Waals surface area contributed by atoms with Crippen LogP contribution in [0.4, 0.5) is 0 Å². The molecule has 0 rings (SSSR count). The molecule has 0 aliphatic heterocycles. The van der Waals surface area contributed by atoms with Crippen molar-refractivity contribution in [3.8, 4) is 0 Å². The van der Waals surface area contributed by atoms with Crippen LogP contribution in [-0.4, -0.2) is 17.9 Å². The monoisotopic (exact) mass is 120 g/mol. The zero-order valence-corrected chi connectivity index (χ0v) is 4.44. The van der Waals surface area contributed by atoms with E-state index in [0.717, 1.165) is 0 Å². The van der Waals surface area contributed by atoms with Gasteiger partial charge in [0.05, 0.1) is 0 Å². The van der Waals surface area contributed by atoms with E-state index in [0.29, 0.717) is 0 Å². The van der Waals surface area contributed by atoms with Crippen LogP contribution in [-0.2, 0) is 9.59 Å². The number of halogens is 1. The summed E-state index contributed by atoms with van der Waals surface area (Å²) in [5.41, 5.74) is 0. The predicted octanol–water partition coefficient (Wildman–Crippen LogP) is 0.383. The Morgan fingerprint density at radius 1 is 1.71 bits per heavy atom. The van der Waals surface area contributed by atoms with E-state index in [9.17, 15) is 9.59 Å². The topological polar surface area (TPSA) is 34.1 Å². The molecule has 0 N–H and O–H groups in total. The lowest BCUT2D eigenvalue weighted by atomic mass is 10.3. The van der Waals surface area contributed by atoms with Gasteiger partial charge in [-0.3, -0.25) is 9.59 Å². The molecule has 0 radical (unpaired) electrons. The average Bonchev–Trinajstić information content (AvgIpc) is 1.68. The van der Waals surface area contributed by atoms with Gasteiger partial charge in [0.1, 0.15) is 0 Å². The summed E-state index contributed by atoms with van der Waals surface area (Å²) in [6.45, 7) is 0. The number of rotatable bonds is 3. The first kappa shape index (κ1) is 6.63. The average molecular weight is 121 g/mol. The van der Waals surface area contributed by atoms with E-state index in [1.807, 2.05) is 0 Å². The molecule has 0 aliphatic carbocycles. The van der Waals surface area contributed by atoms with Gasteiger partial charge >= 0.3 is 0 Å². The minimum atomic E-state index is -0.435. The van der Waals surface area contributed by atoms with Crippen molar-refractivity contribution in [2.24, 2.45) is 0 Å². The fraction of sp³-hybridized carbons (Fsp3) is 0.500. The lowest BCUT2D eigenvalue weighted by Gasteiger charge is -1.78. The van der Waals surface area contributed by atoms with Crippen LogP contribution in [0.5, 0.6) is 0 Å². The highest BCUT2D eigenvalue weighted by Gasteiger charge is 1.93. The summed E-state index contributed by atoms with van der Waals surface area (Å²) < 4.78 is 0. The molecule has 0 saturated carbocycles. The van der Waals surface area contributed by atoms with Gasteiger partial charge in [-0.1, -0.05) is 0 Å². The molecule has 0 aromatic heterocycles. The molecular weight excluding hydrogens is 115 g/mol. The van der Waals surface area contributed by atoms with Crippen LogP contribution >= 0.6 is 11.6 Å². The third-order valence-electron chi connectivity index (χ3n) is 0.472. The second-order valence-electron chi connectivity index (χ2n) is 1.02. The van der Waals surface area contributed by atoms with Gasteiger partial charge in [0.25, 0.3) is 0 Å². The van der Waals surface area contributed by atoms with Crippen LogP contribution in [0.25, 0.3) is 0 Å². The Kier molecular flexibility index (Phi) is 3.61. The fourth-order valence-corrected chi connectivity index (χ4v) is 0.338. The van der Waals surface area contributed by atoms with Crippen LogP contribution < -0.4 is 0 Å². The number of hydrogen-bond acceptors (Lipinski definition) is 2. The van der Waals surface area contributed by atoms with E-state index in [1.54, 1.807) is 0 Å². The third kappa shape index (κ3) is 3.46. The first-order valence-corrected chi connectivity index (χ1v) is 2.38. The molecule has 0 aromatic rings. The molecule has 0 bridgehead atoms. The Hall–Kier alpha value is -0.370. The molecule has 0 aliphatic rings. The number of hydrogen-bond donors (Lipinski definition) is 0. The van der Waals surface area contributed by atoms with Crippen LogP contribution in [0.15, 0.2) is 0 Å². The number of alkyl halides is 1. The molecule has 0 aromatic carbocycles. The zero-order chi connectivity index (χ0) is 5.70. The maximum atomic E-state index is 9.96. The van der Waals surface area contributed by atoms with Gasteiger partial charge in [0, 0.05) is 12.3 Å². The minimum Gasteiger partial charge on any atom is -0.295 e. The maximum absolute atomic E-state index is 9.96. The second-order valence-corrected chi connectivity index (χ2v) is 1.40. The molecule has 40 valence electrons. The summed E-state index contributed by atoms with van der Waals surface area (Å²) in [4.78, 5) is 19.4. The van der Waals surface area contributed by atoms with Crippen molar-refractivity contribution in [3.05, 3.63) is 0 Å². The van der Waals surface area contributed by atoms with Crippen LogP contribution in [0.3, 0.4) is 0 Å². The van der Waals surface area contributed by atoms with Gasteiger partial charge in [-0.25, -0.2) is 0 Å². The third-order valence-corrected chi connectivity index (χ3v) is 0.661. The van der Waals surface area contributed by atoms with E-state index in [2.05, 4.69) is 0 Å². The molecule has 7 heavy (non-hydrogen) atoms. The highest BCUT2D eigenvalue weighted by Crippen LogP contribution is 1.81. The maximum Gasteiger partial charge on any atom is 0.196 e. The molecule has 3 heteroatoms. The Balaban J connectivity index is 3.17. The van der Waals surface area contributed by atoms with Gasteiger partial charge in [-0.05, 0) is 0 Å². The smallest absolute Gasteiger partial charge is 0.196 e. The molecule has 0 unspecified atom stereocenters. The highest BCUT2D eigenvalue weighted by atomic mass is 35.5. The Labute approximate surface area is 46.5 Å². The molecule has 0 atom stereocenters. The summed E-state index contributed by atoms with van der Waals surface area (Å²) in [6.07, 6.45) is 0.438. The second kappa shape index (κ2) is 3.81. The first-order valence-electron chi connectivity index (χ1n) is 1.85. The van der Waals surface area contributed by atoms with Crippen molar-refractivity contribution in [3.63, 3.8) is 0 Å². The Bertz CT molecular complexity index is 79.8. The first-order chi connectivity index (χ1) is 3.31. The Morgan fingerprint density at radius 2 is 2.29 bits per heavy atom. The summed E-state index contributed by atoms with van der Waals surface area (Å²) in [5, 5.41) is 0. The fourth-order valence-electron chi connectivity index (χ4n) is 0.152. The van der Waals surface area contributed by atoms with Gasteiger partial charge in [-0.2, -0.15) is 0 Å². The molecule has 0 heterocycles. The lowest BCUT2D eigenvalue weighted by Crippen LogP contribution is -1.97. The van der Waals surface area contributed by atoms with Gasteiger partial charge < -0.3 is 0 Å². The molecule has 0 fully saturated rings. The van der Waals surface area contributed by atoms with Gasteiger partial charge in [-0.15, -0.1) is 11.6 Å². The molecule has 0 amide bonds. The van der Waals surface area contributed by atoms with E-state index in [1.165, 1.54) is 0 Å². The predicted molar refractivity (Wildman–Crippen MR) is 26.4 cm³/mol. The number of aldehydes is 1. The standard InChI is InChI=1S/C4H5ClO2/c5-2-1-4(7)3-6/h3H,1-2H2. The summed E-state index contributed by atoms with van der Waals surface area (Å²) in [5.74, 6) is -0.201. The summed E-state index contributed by atoms with van der Waals surface area (Å²) in [7, 11) is 0. The molecule has 2 nitrogen and oxygen atoms in total. The van der Waals surface area contributed by atoms with Crippen LogP contribution in [0.2, 0.25) is 0 Å². The Morgan fingerprint density at radius 3 is 2.43 bits per heavy atom.